The Morgan fingerprint density at radius 3 is 2.39 bits per heavy atom. The summed E-state index contributed by atoms with van der Waals surface area (Å²) in [6.45, 7) is -0.201. The van der Waals surface area contributed by atoms with Crippen molar-refractivity contribution < 1.29 is 62.7 Å². The molecule has 0 radical (unpaired) electrons. The van der Waals surface area contributed by atoms with Crippen LogP contribution < -0.4 is 18.5 Å². The van der Waals surface area contributed by atoms with E-state index in [0.29, 0.717) is 0 Å². The molecule has 194 valence electrons. The Morgan fingerprint density at radius 1 is 1.06 bits per heavy atom. The molecule has 0 spiro atoms. The van der Waals surface area contributed by atoms with Gasteiger partial charge in [0.05, 0.1) is 24.8 Å². The Kier molecular flexibility index (Phi) is 6.07. The monoisotopic (exact) mass is 553 g/mol. The van der Waals surface area contributed by atoms with Crippen LogP contribution in [0.15, 0.2) is 47.2 Å². The molecule has 12 nitrogen and oxygen atoms in total. The standard InChI is InChI=1S/C19H14F3NO11S2/c1-29-11-4-6-15-12(8-11)16(34-36(27,28)19(20,21)22)17(33-18(24)30-2)23(35(15,25)26)10-3-5-13-14(7-10)32-9-31-13/h3-8H,9H2,1-2H3. The number of hydrogen-bond acceptors (Lipinski definition) is 11. The Bertz CT molecular complexity index is 1480. The van der Waals surface area contributed by atoms with Crippen molar-refractivity contribution in [3.8, 4) is 17.2 Å². The number of anilines is 1. The third-order valence-corrected chi connectivity index (χ3v) is 7.46. The number of methoxy groups -OCH3 is 2. The van der Waals surface area contributed by atoms with Crippen LogP contribution in [0, 0.1) is 0 Å². The average Bonchev–Trinajstić information content (AvgIpc) is 3.28. The third kappa shape index (κ3) is 4.19. The zero-order valence-electron chi connectivity index (χ0n) is 18.1. The van der Waals surface area contributed by atoms with Gasteiger partial charge in [-0.25, -0.2) is 13.2 Å². The largest absolute Gasteiger partial charge is 0.534 e. The van der Waals surface area contributed by atoms with Crippen LogP contribution in [0.5, 0.6) is 17.2 Å². The summed E-state index contributed by atoms with van der Waals surface area (Å²) < 4.78 is 120. The first-order valence-corrected chi connectivity index (χ1v) is 12.3. The predicted molar refractivity (Wildman–Crippen MR) is 112 cm³/mol. The van der Waals surface area contributed by atoms with E-state index in [4.69, 9.17) is 18.9 Å². The molecule has 0 saturated heterocycles. The van der Waals surface area contributed by atoms with E-state index in [1.807, 2.05) is 0 Å². The summed E-state index contributed by atoms with van der Waals surface area (Å²) in [5.74, 6) is -2.35. The number of carbonyl (C=O) groups excluding carboxylic acids is 1. The fourth-order valence-corrected chi connectivity index (χ4v) is 5.24. The van der Waals surface area contributed by atoms with E-state index in [-0.39, 0.29) is 34.0 Å². The lowest BCUT2D eigenvalue weighted by molar-refractivity contribution is -0.0510. The molecule has 17 heteroatoms. The number of carbonyl (C=O) groups is 1. The minimum atomic E-state index is -6.38. The van der Waals surface area contributed by atoms with Crippen LogP contribution in [-0.2, 0) is 33.8 Å². The fourth-order valence-electron chi connectivity index (χ4n) is 3.17. The van der Waals surface area contributed by atoms with E-state index in [0.717, 1.165) is 37.4 Å². The highest BCUT2D eigenvalue weighted by molar-refractivity contribution is 7.93. The average molecular weight is 553 g/mol. The van der Waals surface area contributed by atoms with Crippen molar-refractivity contribution in [2.75, 3.05) is 25.3 Å². The zero-order valence-corrected chi connectivity index (χ0v) is 19.7. The Hall–Kier alpha value is -3.86. The van der Waals surface area contributed by atoms with E-state index in [1.165, 1.54) is 13.2 Å². The Balaban J connectivity index is 2.06. The zero-order chi connectivity index (χ0) is 26.5. The lowest BCUT2D eigenvalue weighted by Crippen LogP contribution is -2.38. The van der Waals surface area contributed by atoms with Crippen LogP contribution in [0.2, 0.25) is 0 Å². The van der Waals surface area contributed by atoms with E-state index in [1.54, 1.807) is 0 Å². The van der Waals surface area contributed by atoms with Gasteiger partial charge in [0.1, 0.15) is 5.75 Å². The van der Waals surface area contributed by atoms with Crippen LogP contribution in [-0.4, -0.2) is 49.5 Å². The van der Waals surface area contributed by atoms with Gasteiger partial charge in [0, 0.05) is 11.6 Å². The number of fused-ring (bicyclic) bond motifs is 2. The number of sulfonamides is 1. The summed E-state index contributed by atoms with van der Waals surface area (Å²) in [6, 6.07) is 6.55. The molecule has 0 bridgehead atoms. The topological polar surface area (TPSA) is 144 Å². The van der Waals surface area contributed by atoms with Crippen LogP contribution in [0.3, 0.4) is 0 Å². The summed E-state index contributed by atoms with van der Waals surface area (Å²) >= 11 is 0. The number of hydrogen-bond donors (Lipinski definition) is 0. The normalized spacial score (nSPS) is 16.3. The lowest BCUT2D eigenvalue weighted by atomic mass is 10.1. The van der Waals surface area contributed by atoms with Gasteiger partial charge in [-0.15, -0.1) is 0 Å². The highest BCUT2D eigenvalue weighted by atomic mass is 32.2. The smallest absolute Gasteiger partial charge is 0.497 e. The number of ether oxygens (including phenoxy) is 5. The van der Waals surface area contributed by atoms with Gasteiger partial charge in [-0.1, -0.05) is 0 Å². The van der Waals surface area contributed by atoms with Crippen molar-refractivity contribution in [2.24, 2.45) is 0 Å². The van der Waals surface area contributed by atoms with Crippen molar-refractivity contribution >= 4 is 37.7 Å². The van der Waals surface area contributed by atoms with Crippen LogP contribution in [0.1, 0.15) is 5.56 Å². The highest BCUT2D eigenvalue weighted by Gasteiger charge is 2.52. The van der Waals surface area contributed by atoms with Crippen molar-refractivity contribution in [1.29, 1.82) is 0 Å². The van der Waals surface area contributed by atoms with Gasteiger partial charge >= 0.3 is 21.8 Å². The van der Waals surface area contributed by atoms with E-state index >= 15 is 0 Å². The number of nitrogens with zero attached hydrogens (tertiary/aromatic N) is 1. The number of halogens is 3. The predicted octanol–water partition coefficient (Wildman–Crippen LogP) is 2.91. The molecule has 2 heterocycles. The molecule has 0 unspecified atom stereocenters. The van der Waals surface area contributed by atoms with Crippen molar-refractivity contribution in [1.82, 2.24) is 0 Å². The first-order chi connectivity index (χ1) is 16.8. The van der Waals surface area contributed by atoms with Crippen LogP contribution >= 0.6 is 0 Å². The second-order valence-corrected chi connectivity index (χ2v) is 10.1. The molecule has 0 atom stereocenters. The van der Waals surface area contributed by atoms with Gasteiger partial charge < -0.3 is 27.9 Å². The van der Waals surface area contributed by atoms with Crippen molar-refractivity contribution in [3.05, 3.63) is 47.8 Å². The van der Waals surface area contributed by atoms with Crippen LogP contribution in [0.4, 0.5) is 23.7 Å². The molecule has 0 fully saturated rings. The first-order valence-electron chi connectivity index (χ1n) is 9.44. The quantitative estimate of drug-likeness (QED) is 0.306. The fraction of sp³-hybridized carbons (Fsp3) is 0.211. The van der Waals surface area contributed by atoms with Crippen molar-refractivity contribution in [2.45, 2.75) is 10.4 Å². The van der Waals surface area contributed by atoms with Gasteiger partial charge in [0.25, 0.3) is 15.9 Å². The molecule has 0 amide bonds. The SMILES string of the molecule is COC(=O)OC1=C(OS(=O)(=O)C(F)(F)F)c2cc(OC)ccc2S(=O)(=O)N1c1ccc2c(c1)OCO2. The molecule has 2 aliphatic heterocycles. The maximum Gasteiger partial charge on any atom is 0.534 e. The van der Waals surface area contributed by atoms with Crippen LogP contribution in [0.25, 0.3) is 5.76 Å². The summed E-state index contributed by atoms with van der Waals surface area (Å²) in [6.07, 6.45) is -1.59. The summed E-state index contributed by atoms with van der Waals surface area (Å²) in [5, 5.41) is 0. The molecule has 0 aliphatic carbocycles. The van der Waals surface area contributed by atoms with Crippen molar-refractivity contribution in [3.63, 3.8) is 0 Å². The molecular formula is C19H14F3NO11S2. The maximum atomic E-state index is 13.6. The van der Waals surface area contributed by atoms with Gasteiger partial charge in [-0.05, 0) is 30.3 Å². The molecule has 2 aromatic carbocycles. The maximum absolute atomic E-state index is 13.6. The summed E-state index contributed by atoms with van der Waals surface area (Å²) in [7, 11) is -9.16. The molecule has 36 heavy (non-hydrogen) atoms. The molecule has 0 saturated carbocycles. The molecular weight excluding hydrogens is 539 g/mol. The Labute approximate surface area is 201 Å². The first kappa shape index (κ1) is 25.2. The summed E-state index contributed by atoms with van der Waals surface area (Å²) in [5.41, 5.74) is -6.95. The second kappa shape index (κ2) is 8.66. The van der Waals surface area contributed by atoms with Gasteiger partial charge in [-0.2, -0.15) is 25.9 Å². The highest BCUT2D eigenvalue weighted by Crippen LogP contribution is 2.46. The number of alkyl halides is 3. The lowest BCUT2D eigenvalue weighted by Gasteiger charge is -2.32. The molecule has 2 aromatic rings. The number of benzene rings is 2. The molecule has 0 aromatic heterocycles. The van der Waals surface area contributed by atoms with E-state index in [2.05, 4.69) is 8.92 Å². The Morgan fingerprint density at radius 2 is 1.75 bits per heavy atom. The van der Waals surface area contributed by atoms with Gasteiger partial charge in [0.15, 0.2) is 11.5 Å². The van der Waals surface area contributed by atoms with E-state index < -0.39 is 53.9 Å². The molecule has 2 aliphatic rings. The van der Waals surface area contributed by atoms with Gasteiger partial charge in [-0.3, -0.25) is 0 Å². The number of rotatable bonds is 5. The van der Waals surface area contributed by atoms with Gasteiger partial charge in [0.2, 0.25) is 12.6 Å². The second-order valence-electron chi connectivity index (χ2n) is 6.84. The molecule has 0 N–H and O–H groups in total. The minimum absolute atomic E-state index is 0.0472. The van der Waals surface area contributed by atoms with E-state index in [9.17, 15) is 34.8 Å². The minimum Gasteiger partial charge on any atom is -0.497 e. The third-order valence-electron chi connectivity index (χ3n) is 4.74. The summed E-state index contributed by atoms with van der Waals surface area (Å²) in [4.78, 5) is 11.3. The molecule has 4 rings (SSSR count).